The summed E-state index contributed by atoms with van der Waals surface area (Å²) in [7, 11) is 0. The van der Waals surface area contributed by atoms with Crippen LogP contribution < -0.4 is 0 Å². The summed E-state index contributed by atoms with van der Waals surface area (Å²) in [5.74, 6) is 0. The minimum absolute atomic E-state index is 1.10. The minimum Gasteiger partial charge on any atom is -0.308 e. The molecule has 0 saturated heterocycles. The van der Waals surface area contributed by atoms with E-state index in [1.54, 1.807) is 0 Å². The van der Waals surface area contributed by atoms with Crippen LogP contribution in [-0.2, 0) is 0 Å². The summed E-state index contributed by atoms with van der Waals surface area (Å²) < 4.78 is 9.18. The molecule has 0 aliphatic heterocycles. The highest BCUT2D eigenvalue weighted by Crippen LogP contribution is 2.51. The number of fused-ring (bicyclic) bond motifs is 15. The van der Waals surface area contributed by atoms with Crippen molar-refractivity contribution >= 4 is 116 Å². The van der Waals surface area contributed by atoms with Crippen LogP contribution in [0.3, 0.4) is 0 Å². The molecule has 5 heteroatoms. The third-order valence-corrected chi connectivity index (χ3v) is 11.7. The standard InChI is InChI=1S/C35H18N2S3/c1-4-12-25-21(9-1)31-32(37(25)19-15-16-28-24(18-19)20-8-2-5-13-26(20)38-28)34-30(23-11-7-17-36-35(23)40-34)29-22-10-3-6-14-27(22)39-33(29)31/h1-18H. The first-order valence-electron chi connectivity index (χ1n) is 13.3. The van der Waals surface area contributed by atoms with Gasteiger partial charge in [-0.3, -0.25) is 0 Å². The van der Waals surface area contributed by atoms with E-state index in [0.717, 1.165) is 4.83 Å². The first-order chi connectivity index (χ1) is 19.8. The molecule has 5 heterocycles. The van der Waals surface area contributed by atoms with Gasteiger partial charge in [0.25, 0.3) is 0 Å². The number of nitrogens with zero attached hydrogens (tertiary/aromatic N) is 2. The number of hydrogen-bond acceptors (Lipinski definition) is 4. The van der Waals surface area contributed by atoms with E-state index in [-0.39, 0.29) is 0 Å². The fourth-order valence-electron chi connectivity index (χ4n) is 6.62. The third-order valence-electron chi connectivity index (χ3n) is 8.25. The van der Waals surface area contributed by atoms with E-state index < -0.39 is 0 Å². The van der Waals surface area contributed by atoms with Crippen LogP contribution in [0.15, 0.2) is 109 Å². The Bertz CT molecular complexity index is 2660. The van der Waals surface area contributed by atoms with Gasteiger partial charge < -0.3 is 4.57 Å². The number of para-hydroxylation sites is 1. The van der Waals surface area contributed by atoms with Gasteiger partial charge in [0.2, 0.25) is 0 Å². The number of pyridine rings is 1. The Balaban J connectivity index is 1.49. The molecule has 0 N–H and O–H groups in total. The lowest BCUT2D eigenvalue weighted by atomic mass is 10.0. The van der Waals surface area contributed by atoms with Crippen LogP contribution in [0.25, 0.3) is 88.1 Å². The molecule has 10 rings (SSSR count). The summed E-state index contributed by atoms with van der Waals surface area (Å²) in [6.45, 7) is 0. The van der Waals surface area contributed by atoms with Crippen molar-refractivity contribution in [2.24, 2.45) is 0 Å². The van der Waals surface area contributed by atoms with Crippen LogP contribution in [0.1, 0.15) is 0 Å². The summed E-state index contributed by atoms with van der Waals surface area (Å²) >= 11 is 5.62. The highest BCUT2D eigenvalue weighted by Gasteiger charge is 2.24. The Labute approximate surface area is 240 Å². The average Bonchev–Trinajstić information content (AvgIpc) is 3.75. The molecule has 0 unspecified atom stereocenters. The second kappa shape index (κ2) is 7.67. The number of thiophene rings is 3. The van der Waals surface area contributed by atoms with Gasteiger partial charge in [-0.15, -0.1) is 34.0 Å². The van der Waals surface area contributed by atoms with Gasteiger partial charge in [0, 0.05) is 73.8 Å². The smallest absolute Gasteiger partial charge is 0.124 e. The summed E-state index contributed by atoms with van der Waals surface area (Å²) in [6, 6.07) is 37.9. The number of hydrogen-bond donors (Lipinski definition) is 0. The Morgan fingerprint density at radius 3 is 2.10 bits per heavy atom. The van der Waals surface area contributed by atoms with Gasteiger partial charge in [0.15, 0.2) is 0 Å². The van der Waals surface area contributed by atoms with E-state index in [4.69, 9.17) is 4.98 Å². The maximum atomic E-state index is 4.83. The maximum Gasteiger partial charge on any atom is 0.124 e. The molecule has 10 aromatic rings. The highest BCUT2D eigenvalue weighted by molar-refractivity contribution is 7.29. The topological polar surface area (TPSA) is 17.8 Å². The van der Waals surface area contributed by atoms with Crippen LogP contribution in [0.2, 0.25) is 0 Å². The number of rotatable bonds is 1. The molecule has 0 radical (unpaired) electrons. The van der Waals surface area contributed by atoms with Gasteiger partial charge in [-0.1, -0.05) is 54.6 Å². The SMILES string of the molecule is c1ccc2c(c1)sc1ccc(-n3c4ccccc4c4c5sc6ccccc6c5c5c6cccnc6sc5c43)cc12. The largest absolute Gasteiger partial charge is 0.308 e. The summed E-state index contributed by atoms with van der Waals surface area (Å²) in [6.07, 6.45) is 1.92. The molecule has 0 saturated carbocycles. The Morgan fingerprint density at radius 2 is 1.20 bits per heavy atom. The van der Waals surface area contributed by atoms with Gasteiger partial charge in [-0.05, 0) is 48.5 Å². The zero-order valence-corrected chi connectivity index (χ0v) is 23.5. The fourth-order valence-corrected chi connectivity index (χ4v) is 10.2. The fraction of sp³-hybridized carbons (Fsp3) is 0. The van der Waals surface area contributed by atoms with Crippen LogP contribution in [0, 0.1) is 0 Å². The van der Waals surface area contributed by atoms with Crippen molar-refractivity contribution < 1.29 is 0 Å². The van der Waals surface area contributed by atoms with Crippen LogP contribution in [0.4, 0.5) is 0 Å². The zero-order chi connectivity index (χ0) is 25.9. The average molecular weight is 563 g/mol. The third kappa shape index (κ3) is 2.65. The van der Waals surface area contributed by atoms with E-state index >= 15 is 0 Å². The summed E-state index contributed by atoms with van der Waals surface area (Å²) in [5.41, 5.74) is 3.74. The van der Waals surface area contributed by atoms with Gasteiger partial charge in [0.05, 0.1) is 15.7 Å². The molecule has 0 fully saturated rings. The molecular weight excluding hydrogens is 545 g/mol. The van der Waals surface area contributed by atoms with Crippen molar-refractivity contribution in [2.45, 2.75) is 0 Å². The number of aromatic nitrogens is 2. The van der Waals surface area contributed by atoms with Crippen LogP contribution in [0.5, 0.6) is 0 Å². The molecule has 5 aromatic heterocycles. The molecular formula is C35H18N2S3. The minimum atomic E-state index is 1.10. The number of benzene rings is 5. The van der Waals surface area contributed by atoms with Crippen molar-refractivity contribution in [3.8, 4) is 5.69 Å². The zero-order valence-electron chi connectivity index (χ0n) is 21.0. The first kappa shape index (κ1) is 21.5. The first-order valence-corrected chi connectivity index (χ1v) is 15.8. The molecule has 5 aromatic carbocycles. The van der Waals surface area contributed by atoms with Gasteiger partial charge in [0.1, 0.15) is 4.83 Å². The molecule has 0 atom stereocenters. The maximum absolute atomic E-state index is 4.83. The van der Waals surface area contributed by atoms with Crippen molar-refractivity contribution in [1.29, 1.82) is 0 Å². The van der Waals surface area contributed by atoms with Crippen molar-refractivity contribution in [3.63, 3.8) is 0 Å². The molecule has 186 valence electrons. The summed E-state index contributed by atoms with van der Waals surface area (Å²) in [5, 5.41) is 10.6. The van der Waals surface area contributed by atoms with Gasteiger partial charge in [-0.2, -0.15) is 0 Å². The van der Waals surface area contributed by atoms with E-state index in [0.29, 0.717) is 0 Å². The quantitative estimate of drug-likeness (QED) is 0.195. The Hall–Kier alpha value is -4.29. The summed E-state index contributed by atoms with van der Waals surface area (Å²) in [4.78, 5) is 5.93. The van der Waals surface area contributed by atoms with E-state index in [9.17, 15) is 0 Å². The molecule has 0 aliphatic carbocycles. The molecule has 0 aliphatic rings. The van der Waals surface area contributed by atoms with E-state index in [2.05, 4.69) is 108 Å². The van der Waals surface area contributed by atoms with Crippen LogP contribution >= 0.6 is 34.0 Å². The Kier molecular flexibility index (Phi) is 4.13. The predicted molar refractivity (Wildman–Crippen MR) is 177 cm³/mol. The lowest BCUT2D eigenvalue weighted by molar-refractivity contribution is 1.20. The molecule has 40 heavy (non-hydrogen) atoms. The molecule has 0 amide bonds. The Morgan fingerprint density at radius 1 is 0.500 bits per heavy atom. The highest BCUT2D eigenvalue weighted by atomic mass is 32.1. The van der Waals surface area contributed by atoms with Crippen molar-refractivity contribution in [2.75, 3.05) is 0 Å². The van der Waals surface area contributed by atoms with E-state index in [1.165, 1.54) is 83.3 Å². The molecule has 2 nitrogen and oxygen atoms in total. The second-order valence-electron chi connectivity index (χ2n) is 10.3. The lowest BCUT2D eigenvalue weighted by Gasteiger charge is -2.10. The van der Waals surface area contributed by atoms with Crippen molar-refractivity contribution in [3.05, 3.63) is 109 Å². The molecule has 0 spiro atoms. The molecule has 0 bridgehead atoms. The monoisotopic (exact) mass is 562 g/mol. The van der Waals surface area contributed by atoms with Crippen LogP contribution in [-0.4, -0.2) is 9.55 Å². The van der Waals surface area contributed by atoms with Gasteiger partial charge >= 0.3 is 0 Å². The van der Waals surface area contributed by atoms with Gasteiger partial charge in [-0.25, -0.2) is 4.98 Å². The van der Waals surface area contributed by atoms with Crippen molar-refractivity contribution in [1.82, 2.24) is 9.55 Å². The van der Waals surface area contributed by atoms with E-state index in [1.807, 2.05) is 40.2 Å². The predicted octanol–water partition coefficient (Wildman–Crippen LogP) is 11.3. The second-order valence-corrected chi connectivity index (χ2v) is 13.5. The normalized spacial score (nSPS) is 12.5. The lowest BCUT2D eigenvalue weighted by Crippen LogP contribution is -1.93.